The summed E-state index contributed by atoms with van der Waals surface area (Å²) in [6.07, 6.45) is 0. The van der Waals surface area contributed by atoms with E-state index < -0.39 is 16.1 Å². The van der Waals surface area contributed by atoms with Gasteiger partial charge in [0.2, 0.25) is 5.91 Å². The van der Waals surface area contributed by atoms with E-state index in [-0.39, 0.29) is 10.8 Å². The highest BCUT2D eigenvalue weighted by Gasteiger charge is 2.40. The summed E-state index contributed by atoms with van der Waals surface area (Å²) in [6, 6.07) is 17.1. The number of hydrogen-bond acceptors (Lipinski definition) is 3. The molecule has 1 N–H and O–H groups in total. The first-order chi connectivity index (χ1) is 12.4. The molecule has 1 atom stereocenters. The Labute approximate surface area is 152 Å². The largest absolute Gasteiger partial charge is 0.324 e. The number of sulfonamides is 1. The molecule has 1 amide bonds. The van der Waals surface area contributed by atoms with Crippen LogP contribution in [0.2, 0.25) is 0 Å². The molecule has 0 fully saturated rings. The van der Waals surface area contributed by atoms with E-state index in [9.17, 15) is 13.2 Å². The van der Waals surface area contributed by atoms with Crippen LogP contribution < -0.4 is 9.62 Å². The molecule has 4 rings (SSSR count). The van der Waals surface area contributed by atoms with Crippen molar-refractivity contribution in [2.45, 2.75) is 24.8 Å². The fraction of sp³-hybridized carbons (Fsp3) is 0.150. The predicted molar refractivity (Wildman–Crippen MR) is 103 cm³/mol. The van der Waals surface area contributed by atoms with Gasteiger partial charge in [-0.1, -0.05) is 36.4 Å². The Balaban J connectivity index is 1.74. The lowest BCUT2D eigenvalue weighted by atomic mass is 10.1. The highest BCUT2D eigenvalue weighted by atomic mass is 32.2. The van der Waals surface area contributed by atoms with Crippen LogP contribution in [0.25, 0.3) is 10.8 Å². The number of amides is 1. The fourth-order valence-electron chi connectivity index (χ4n) is 3.41. The van der Waals surface area contributed by atoms with Crippen molar-refractivity contribution < 1.29 is 13.2 Å². The van der Waals surface area contributed by atoms with Gasteiger partial charge in [0.1, 0.15) is 6.04 Å². The van der Waals surface area contributed by atoms with Gasteiger partial charge in [0.15, 0.2) is 0 Å². The first-order valence-electron chi connectivity index (χ1n) is 8.33. The minimum atomic E-state index is -3.77. The molecule has 132 valence electrons. The lowest BCUT2D eigenvalue weighted by Gasteiger charge is -2.25. The maximum absolute atomic E-state index is 13.1. The Bertz CT molecular complexity index is 1130. The van der Waals surface area contributed by atoms with Gasteiger partial charge in [-0.05, 0) is 49.1 Å². The average Bonchev–Trinajstić information content (AvgIpc) is 2.83. The van der Waals surface area contributed by atoms with Crippen molar-refractivity contribution in [2.24, 2.45) is 0 Å². The second-order valence-corrected chi connectivity index (χ2v) is 8.25. The van der Waals surface area contributed by atoms with E-state index in [1.807, 2.05) is 37.3 Å². The van der Waals surface area contributed by atoms with E-state index in [1.54, 1.807) is 37.3 Å². The molecule has 1 aliphatic heterocycles. The number of aryl methyl sites for hydroxylation is 1. The number of hydrogen-bond donors (Lipinski definition) is 1. The normalized spacial score (nSPS) is 15.8. The third kappa shape index (κ3) is 2.45. The zero-order chi connectivity index (χ0) is 18.5. The molecule has 0 radical (unpaired) electrons. The molecule has 0 saturated carbocycles. The summed E-state index contributed by atoms with van der Waals surface area (Å²) in [5, 5.41) is 4.33. The summed E-state index contributed by atoms with van der Waals surface area (Å²) >= 11 is 0. The predicted octanol–water partition coefficient (Wildman–Crippen LogP) is 3.68. The smallest absolute Gasteiger partial charge is 0.265 e. The number of benzene rings is 3. The minimum absolute atomic E-state index is 0.251. The molecule has 0 spiro atoms. The van der Waals surface area contributed by atoms with Crippen LogP contribution in [0.3, 0.4) is 0 Å². The van der Waals surface area contributed by atoms with Crippen molar-refractivity contribution in [3.8, 4) is 0 Å². The minimum Gasteiger partial charge on any atom is -0.324 e. The SMILES string of the molecule is Cc1cccc(NC(=O)[C@H](C)N2c3cccc4cccc(c34)S2(=O)=O)c1. The summed E-state index contributed by atoms with van der Waals surface area (Å²) in [4.78, 5) is 13.0. The molecule has 0 aromatic heterocycles. The molecule has 0 unspecified atom stereocenters. The Kier molecular flexibility index (Phi) is 3.73. The van der Waals surface area contributed by atoms with Crippen LogP contribution >= 0.6 is 0 Å². The van der Waals surface area contributed by atoms with Gasteiger partial charge in [0.25, 0.3) is 10.0 Å². The quantitative estimate of drug-likeness (QED) is 0.769. The van der Waals surface area contributed by atoms with E-state index >= 15 is 0 Å². The van der Waals surface area contributed by atoms with Gasteiger partial charge in [0.05, 0.1) is 10.6 Å². The lowest BCUT2D eigenvalue weighted by Crippen LogP contribution is -2.43. The third-order valence-electron chi connectivity index (χ3n) is 4.64. The van der Waals surface area contributed by atoms with E-state index in [0.717, 1.165) is 10.9 Å². The summed E-state index contributed by atoms with van der Waals surface area (Å²) in [7, 11) is -3.77. The molecule has 0 aliphatic carbocycles. The van der Waals surface area contributed by atoms with Crippen LogP contribution in [0, 0.1) is 6.92 Å². The molecule has 0 saturated heterocycles. The van der Waals surface area contributed by atoms with Crippen LogP contribution in [0.15, 0.2) is 65.6 Å². The molecule has 3 aromatic rings. The Morgan fingerprint density at radius 3 is 2.46 bits per heavy atom. The number of rotatable bonds is 3. The fourth-order valence-corrected chi connectivity index (χ4v) is 5.28. The number of nitrogens with one attached hydrogen (secondary N) is 1. The molecular weight excluding hydrogens is 348 g/mol. The molecule has 26 heavy (non-hydrogen) atoms. The Morgan fingerprint density at radius 2 is 1.73 bits per heavy atom. The molecule has 3 aromatic carbocycles. The Hall–Kier alpha value is -2.86. The van der Waals surface area contributed by atoms with Crippen molar-refractivity contribution in [1.29, 1.82) is 0 Å². The molecule has 1 aliphatic rings. The highest BCUT2D eigenvalue weighted by Crippen LogP contribution is 2.43. The van der Waals surface area contributed by atoms with Crippen molar-refractivity contribution in [1.82, 2.24) is 0 Å². The first-order valence-corrected chi connectivity index (χ1v) is 9.77. The van der Waals surface area contributed by atoms with Crippen molar-refractivity contribution in [3.05, 3.63) is 66.2 Å². The van der Waals surface area contributed by atoms with Crippen LogP contribution in [0.1, 0.15) is 12.5 Å². The van der Waals surface area contributed by atoms with E-state index in [1.165, 1.54) is 4.31 Å². The maximum atomic E-state index is 13.1. The van der Waals surface area contributed by atoms with Gasteiger partial charge < -0.3 is 5.32 Å². The van der Waals surface area contributed by atoms with Crippen molar-refractivity contribution in [3.63, 3.8) is 0 Å². The average molecular weight is 366 g/mol. The topological polar surface area (TPSA) is 66.5 Å². The zero-order valence-corrected chi connectivity index (χ0v) is 15.2. The summed E-state index contributed by atoms with van der Waals surface area (Å²) in [6.45, 7) is 3.54. The van der Waals surface area contributed by atoms with E-state index in [4.69, 9.17) is 0 Å². The molecular formula is C20H18N2O3S. The van der Waals surface area contributed by atoms with Gasteiger partial charge in [-0.3, -0.25) is 9.10 Å². The van der Waals surface area contributed by atoms with E-state index in [0.29, 0.717) is 16.8 Å². The molecule has 5 nitrogen and oxygen atoms in total. The summed E-state index contributed by atoms with van der Waals surface area (Å²) < 4.78 is 27.3. The van der Waals surface area contributed by atoms with Gasteiger partial charge in [-0.2, -0.15) is 0 Å². The van der Waals surface area contributed by atoms with Gasteiger partial charge in [0, 0.05) is 11.1 Å². The second kappa shape index (κ2) is 5.85. The number of anilines is 2. The Morgan fingerprint density at radius 1 is 1.04 bits per heavy atom. The monoisotopic (exact) mass is 366 g/mol. The number of nitrogens with zero attached hydrogens (tertiary/aromatic N) is 1. The highest BCUT2D eigenvalue weighted by molar-refractivity contribution is 7.93. The van der Waals surface area contributed by atoms with Gasteiger partial charge in [-0.25, -0.2) is 8.42 Å². The number of carbonyl (C=O) groups is 1. The summed E-state index contributed by atoms with van der Waals surface area (Å²) in [5.41, 5.74) is 2.21. The maximum Gasteiger partial charge on any atom is 0.265 e. The lowest BCUT2D eigenvalue weighted by molar-refractivity contribution is -0.116. The van der Waals surface area contributed by atoms with Crippen LogP contribution in [-0.4, -0.2) is 20.4 Å². The van der Waals surface area contributed by atoms with Gasteiger partial charge >= 0.3 is 0 Å². The van der Waals surface area contributed by atoms with Crippen molar-refractivity contribution >= 4 is 38.1 Å². The van der Waals surface area contributed by atoms with Crippen molar-refractivity contribution in [2.75, 3.05) is 9.62 Å². The third-order valence-corrected chi connectivity index (χ3v) is 6.56. The molecule has 6 heteroatoms. The molecule has 1 heterocycles. The van der Waals surface area contributed by atoms with Crippen LogP contribution in [0.4, 0.5) is 11.4 Å². The molecule has 0 bridgehead atoms. The first kappa shape index (κ1) is 16.6. The zero-order valence-electron chi connectivity index (χ0n) is 14.4. The van der Waals surface area contributed by atoms with Crippen LogP contribution in [0.5, 0.6) is 0 Å². The van der Waals surface area contributed by atoms with E-state index in [2.05, 4.69) is 5.32 Å². The van der Waals surface area contributed by atoms with Gasteiger partial charge in [-0.15, -0.1) is 0 Å². The summed E-state index contributed by atoms with van der Waals surface area (Å²) in [5.74, 6) is -0.371. The standard InChI is InChI=1S/C20H18N2O3S/c1-13-6-3-9-16(12-13)21-20(23)14(2)22-17-10-4-7-15-8-5-11-18(19(15)17)26(22,24)25/h3-12,14H,1-2H3,(H,21,23)/t14-/m0/s1. The number of carbonyl (C=O) groups excluding carboxylic acids is 1. The van der Waals surface area contributed by atoms with Crippen LogP contribution in [-0.2, 0) is 14.8 Å². The second-order valence-electron chi connectivity index (χ2n) is 6.47.